The molecule has 7 nitrogen and oxygen atoms in total. The molecule has 4 aromatic rings. The van der Waals surface area contributed by atoms with Crippen molar-refractivity contribution in [2.45, 2.75) is 6.92 Å². The fourth-order valence-corrected chi connectivity index (χ4v) is 2.48. The van der Waals surface area contributed by atoms with Gasteiger partial charge < -0.3 is 13.7 Å². The van der Waals surface area contributed by atoms with Crippen LogP contribution in [0.4, 0.5) is 0 Å². The minimum Gasteiger partial charge on any atom is -0.490 e. The topological polar surface area (TPSA) is 91.3 Å². The lowest BCUT2D eigenvalue weighted by Crippen LogP contribution is -2.04. The van der Waals surface area contributed by atoms with Gasteiger partial charge in [-0.1, -0.05) is 17.3 Å². The molecule has 25 heavy (non-hydrogen) atoms. The molecule has 0 bridgehead atoms. The number of benzene rings is 1. The van der Waals surface area contributed by atoms with Crippen LogP contribution in [0.1, 0.15) is 6.92 Å². The van der Waals surface area contributed by atoms with Crippen LogP contribution in [-0.4, -0.2) is 21.7 Å². The minimum atomic E-state index is -0.568. The fraction of sp³-hybridized carbons (Fsp3) is 0.111. The number of fused-ring (bicyclic) bond motifs is 1. The van der Waals surface area contributed by atoms with E-state index >= 15 is 0 Å². The van der Waals surface area contributed by atoms with Crippen molar-refractivity contribution in [3.63, 3.8) is 0 Å². The average Bonchev–Trinajstić information content (AvgIpc) is 3.13. The summed E-state index contributed by atoms with van der Waals surface area (Å²) < 4.78 is 16.1. The number of rotatable bonds is 4. The maximum atomic E-state index is 12.4. The van der Waals surface area contributed by atoms with Gasteiger partial charge in [0.25, 0.3) is 5.89 Å². The van der Waals surface area contributed by atoms with Crippen LogP contribution >= 0.6 is 0 Å². The van der Waals surface area contributed by atoms with E-state index in [1.807, 2.05) is 19.1 Å². The molecule has 0 N–H and O–H groups in total. The Hall–Kier alpha value is -3.48. The van der Waals surface area contributed by atoms with E-state index in [9.17, 15) is 4.79 Å². The Morgan fingerprint density at radius 3 is 2.92 bits per heavy atom. The third-order valence-electron chi connectivity index (χ3n) is 3.60. The Kier molecular flexibility index (Phi) is 3.74. The molecule has 0 aliphatic heterocycles. The number of nitrogens with zero attached hydrogens (tertiary/aromatic N) is 3. The molecule has 1 aromatic carbocycles. The van der Waals surface area contributed by atoms with Gasteiger partial charge in [0.05, 0.1) is 6.61 Å². The van der Waals surface area contributed by atoms with Crippen LogP contribution in [0.5, 0.6) is 5.75 Å². The third kappa shape index (κ3) is 2.76. The second-order valence-electron chi connectivity index (χ2n) is 5.22. The van der Waals surface area contributed by atoms with E-state index in [2.05, 4.69) is 15.1 Å². The summed E-state index contributed by atoms with van der Waals surface area (Å²) in [4.78, 5) is 20.7. The Labute approximate surface area is 141 Å². The van der Waals surface area contributed by atoms with Crippen molar-refractivity contribution in [2.24, 2.45) is 0 Å². The number of ether oxygens (including phenoxy) is 1. The molecule has 4 rings (SSSR count). The highest BCUT2D eigenvalue weighted by Gasteiger charge is 2.17. The molecule has 7 heteroatoms. The van der Waals surface area contributed by atoms with Crippen molar-refractivity contribution in [1.29, 1.82) is 0 Å². The predicted molar refractivity (Wildman–Crippen MR) is 90.2 cm³/mol. The van der Waals surface area contributed by atoms with Crippen LogP contribution in [0, 0.1) is 0 Å². The van der Waals surface area contributed by atoms with Crippen LogP contribution in [0.3, 0.4) is 0 Å². The standard InChI is InChI=1S/C18H13N3O4/c1-2-23-14-7-3-5-11-9-13(18(22)24-15(11)14)17-20-16(21-25-17)12-6-4-8-19-10-12/h3-10H,2H2,1H3. The summed E-state index contributed by atoms with van der Waals surface area (Å²) in [6.07, 6.45) is 3.27. The Bertz CT molecular complexity index is 1090. The molecule has 0 aliphatic rings. The van der Waals surface area contributed by atoms with Crippen LogP contribution < -0.4 is 10.4 Å². The van der Waals surface area contributed by atoms with Gasteiger partial charge in [-0.25, -0.2) is 4.79 Å². The molecule has 0 saturated heterocycles. The van der Waals surface area contributed by atoms with Crippen molar-refractivity contribution in [1.82, 2.24) is 15.1 Å². The molecule has 0 spiro atoms. The molecule has 0 atom stereocenters. The highest BCUT2D eigenvalue weighted by molar-refractivity contribution is 5.85. The fourth-order valence-electron chi connectivity index (χ4n) is 2.48. The SMILES string of the molecule is CCOc1cccc2cc(-c3nc(-c4cccnc4)no3)c(=O)oc12. The summed E-state index contributed by atoms with van der Waals surface area (Å²) in [5.41, 5.74) is 0.719. The predicted octanol–water partition coefficient (Wildman–Crippen LogP) is 3.30. The average molecular weight is 335 g/mol. The summed E-state index contributed by atoms with van der Waals surface area (Å²) in [5, 5.41) is 4.61. The van der Waals surface area contributed by atoms with E-state index in [0.29, 0.717) is 34.7 Å². The first-order valence-corrected chi connectivity index (χ1v) is 7.70. The number of hydrogen-bond donors (Lipinski definition) is 0. The zero-order chi connectivity index (χ0) is 17.2. The molecule has 3 aromatic heterocycles. The second kappa shape index (κ2) is 6.20. The van der Waals surface area contributed by atoms with Crippen LogP contribution in [0.15, 0.2) is 62.5 Å². The third-order valence-corrected chi connectivity index (χ3v) is 3.60. The monoisotopic (exact) mass is 335 g/mol. The van der Waals surface area contributed by atoms with Crippen LogP contribution in [0.2, 0.25) is 0 Å². The highest BCUT2D eigenvalue weighted by Crippen LogP contribution is 2.28. The van der Waals surface area contributed by atoms with Crippen molar-refractivity contribution < 1.29 is 13.7 Å². The number of hydrogen-bond acceptors (Lipinski definition) is 7. The lowest BCUT2D eigenvalue weighted by atomic mass is 10.1. The van der Waals surface area contributed by atoms with E-state index in [1.54, 1.807) is 36.7 Å². The molecule has 0 amide bonds. The largest absolute Gasteiger partial charge is 0.490 e. The molecule has 0 fully saturated rings. The summed E-state index contributed by atoms with van der Waals surface area (Å²) in [6, 6.07) is 10.6. The normalized spacial score (nSPS) is 10.9. The lowest BCUT2D eigenvalue weighted by Gasteiger charge is -2.05. The molecular formula is C18H13N3O4. The molecule has 0 radical (unpaired) electrons. The molecule has 124 valence electrons. The first-order chi connectivity index (χ1) is 12.3. The van der Waals surface area contributed by atoms with E-state index in [1.165, 1.54) is 0 Å². The zero-order valence-electron chi connectivity index (χ0n) is 13.3. The Morgan fingerprint density at radius 2 is 2.12 bits per heavy atom. The van der Waals surface area contributed by atoms with Gasteiger partial charge in [0.1, 0.15) is 5.56 Å². The molecule has 0 aliphatic carbocycles. The van der Waals surface area contributed by atoms with E-state index < -0.39 is 5.63 Å². The molecular weight excluding hydrogens is 322 g/mol. The van der Waals surface area contributed by atoms with Crippen LogP contribution in [0.25, 0.3) is 33.8 Å². The Balaban J connectivity index is 1.81. The van der Waals surface area contributed by atoms with Gasteiger partial charge in [0, 0.05) is 23.3 Å². The lowest BCUT2D eigenvalue weighted by molar-refractivity contribution is 0.337. The van der Waals surface area contributed by atoms with Gasteiger partial charge in [-0.2, -0.15) is 4.98 Å². The summed E-state index contributed by atoms with van der Waals surface area (Å²) in [5.74, 6) is 0.965. The quantitative estimate of drug-likeness (QED) is 0.528. The molecule has 3 heterocycles. The highest BCUT2D eigenvalue weighted by atomic mass is 16.5. The van der Waals surface area contributed by atoms with E-state index in [0.717, 1.165) is 0 Å². The van der Waals surface area contributed by atoms with Gasteiger partial charge in [-0.15, -0.1) is 0 Å². The van der Waals surface area contributed by atoms with Crippen LogP contribution in [-0.2, 0) is 0 Å². The molecule has 0 unspecified atom stereocenters. The van der Waals surface area contributed by atoms with Gasteiger partial charge in [-0.05, 0) is 31.2 Å². The maximum Gasteiger partial charge on any atom is 0.349 e. The zero-order valence-corrected chi connectivity index (χ0v) is 13.3. The van der Waals surface area contributed by atoms with Crippen molar-refractivity contribution in [3.8, 4) is 28.6 Å². The van der Waals surface area contributed by atoms with Crippen molar-refractivity contribution in [2.75, 3.05) is 6.61 Å². The summed E-state index contributed by atoms with van der Waals surface area (Å²) in [7, 11) is 0. The van der Waals surface area contributed by atoms with Gasteiger partial charge in [0.15, 0.2) is 11.3 Å². The number of aromatic nitrogens is 3. The number of para-hydroxylation sites is 1. The summed E-state index contributed by atoms with van der Waals surface area (Å²) in [6.45, 7) is 2.34. The van der Waals surface area contributed by atoms with E-state index in [-0.39, 0.29) is 11.5 Å². The van der Waals surface area contributed by atoms with Gasteiger partial charge in [-0.3, -0.25) is 4.98 Å². The molecule has 0 saturated carbocycles. The van der Waals surface area contributed by atoms with Gasteiger partial charge >= 0.3 is 5.63 Å². The van der Waals surface area contributed by atoms with E-state index in [4.69, 9.17) is 13.7 Å². The Morgan fingerprint density at radius 1 is 1.20 bits per heavy atom. The first kappa shape index (κ1) is 15.1. The second-order valence-corrected chi connectivity index (χ2v) is 5.22. The van der Waals surface area contributed by atoms with Crippen molar-refractivity contribution >= 4 is 11.0 Å². The smallest absolute Gasteiger partial charge is 0.349 e. The maximum absolute atomic E-state index is 12.4. The van der Waals surface area contributed by atoms with Crippen molar-refractivity contribution in [3.05, 3.63) is 59.2 Å². The summed E-state index contributed by atoms with van der Waals surface area (Å²) >= 11 is 0. The first-order valence-electron chi connectivity index (χ1n) is 7.70. The number of pyridine rings is 1. The van der Waals surface area contributed by atoms with Gasteiger partial charge in [0.2, 0.25) is 5.82 Å². The minimum absolute atomic E-state index is 0.0938.